The third-order valence-electron chi connectivity index (χ3n) is 6.07. The lowest BCUT2D eigenvalue weighted by Crippen LogP contribution is -2.43. The van der Waals surface area contributed by atoms with Crippen molar-refractivity contribution >= 4 is 35.0 Å². The number of piperidine rings is 1. The summed E-state index contributed by atoms with van der Waals surface area (Å²) in [5.41, 5.74) is 1.60. The molecule has 0 aromatic heterocycles. The topological polar surface area (TPSA) is 57.7 Å². The van der Waals surface area contributed by atoms with E-state index in [-0.39, 0.29) is 35.9 Å². The molecule has 2 aromatic rings. The van der Waals surface area contributed by atoms with E-state index in [9.17, 15) is 14.4 Å². The zero-order valence-electron chi connectivity index (χ0n) is 17.1. The molecule has 0 saturated carbocycles. The molecule has 5 nitrogen and oxygen atoms in total. The van der Waals surface area contributed by atoms with E-state index in [2.05, 4.69) is 0 Å². The van der Waals surface area contributed by atoms with Gasteiger partial charge >= 0.3 is 0 Å². The van der Waals surface area contributed by atoms with E-state index < -0.39 is 0 Å². The number of Topliss-reactive ketones (excluding diaryl/α,β-unsaturated/α-hetero) is 1. The first kappa shape index (κ1) is 20.7. The van der Waals surface area contributed by atoms with E-state index in [4.69, 9.17) is 0 Å². The summed E-state index contributed by atoms with van der Waals surface area (Å²) >= 11 is 1.63. The number of likely N-dealkylation sites (tertiary alicyclic amines) is 1. The molecule has 2 saturated heterocycles. The van der Waals surface area contributed by atoms with Gasteiger partial charge in [0.1, 0.15) is 0 Å². The quantitative estimate of drug-likeness (QED) is 0.542. The molecule has 4 rings (SSSR count). The molecule has 2 aromatic carbocycles. The van der Waals surface area contributed by atoms with Crippen LogP contribution in [0.15, 0.2) is 59.5 Å². The minimum absolute atomic E-state index is 0.000689. The van der Waals surface area contributed by atoms with Crippen molar-refractivity contribution in [3.63, 3.8) is 0 Å². The van der Waals surface area contributed by atoms with Crippen LogP contribution in [0.2, 0.25) is 0 Å². The SMILES string of the molecule is CSc1cccc(N2CC(C(=O)N3CCC(C(=O)c4ccccc4)CC3)CC2=O)c1. The van der Waals surface area contributed by atoms with Crippen molar-refractivity contribution in [2.45, 2.75) is 24.2 Å². The third-order valence-corrected chi connectivity index (χ3v) is 6.80. The number of rotatable bonds is 5. The Kier molecular flexibility index (Phi) is 6.23. The van der Waals surface area contributed by atoms with Gasteiger partial charge in [-0.25, -0.2) is 0 Å². The molecule has 0 bridgehead atoms. The van der Waals surface area contributed by atoms with Crippen LogP contribution in [-0.2, 0) is 9.59 Å². The maximum atomic E-state index is 13.1. The summed E-state index contributed by atoms with van der Waals surface area (Å²) in [4.78, 5) is 43.0. The zero-order valence-corrected chi connectivity index (χ0v) is 17.9. The number of carbonyl (C=O) groups is 3. The molecule has 156 valence electrons. The normalized spacial score (nSPS) is 19.9. The summed E-state index contributed by atoms with van der Waals surface area (Å²) < 4.78 is 0. The molecule has 2 fully saturated rings. The summed E-state index contributed by atoms with van der Waals surface area (Å²) in [6.07, 6.45) is 3.62. The molecule has 2 aliphatic heterocycles. The van der Waals surface area contributed by atoms with E-state index >= 15 is 0 Å². The molecule has 0 spiro atoms. The average Bonchev–Trinajstić information content (AvgIpc) is 3.20. The molecular formula is C24H26N2O3S. The molecule has 0 N–H and O–H groups in total. The van der Waals surface area contributed by atoms with Crippen molar-refractivity contribution < 1.29 is 14.4 Å². The Labute approximate surface area is 181 Å². The van der Waals surface area contributed by atoms with E-state index in [1.165, 1.54) is 0 Å². The van der Waals surface area contributed by atoms with Crippen LogP contribution in [0.1, 0.15) is 29.6 Å². The van der Waals surface area contributed by atoms with Crippen LogP contribution in [0, 0.1) is 11.8 Å². The predicted molar refractivity (Wildman–Crippen MR) is 119 cm³/mol. The number of hydrogen-bond acceptors (Lipinski definition) is 4. The third kappa shape index (κ3) is 4.29. The number of amides is 2. The number of carbonyl (C=O) groups excluding carboxylic acids is 3. The summed E-state index contributed by atoms with van der Waals surface area (Å²) in [7, 11) is 0. The number of anilines is 1. The average molecular weight is 423 g/mol. The van der Waals surface area contributed by atoms with Gasteiger partial charge in [-0.05, 0) is 37.3 Å². The molecule has 1 unspecified atom stereocenters. The van der Waals surface area contributed by atoms with Gasteiger partial charge in [-0.1, -0.05) is 36.4 Å². The maximum absolute atomic E-state index is 13.1. The zero-order chi connectivity index (χ0) is 21.1. The molecule has 1 atom stereocenters. The van der Waals surface area contributed by atoms with E-state index in [0.717, 1.165) is 16.1 Å². The van der Waals surface area contributed by atoms with Crippen molar-refractivity contribution in [3.05, 3.63) is 60.2 Å². The Morgan fingerprint density at radius 1 is 0.967 bits per heavy atom. The number of ketones is 1. The highest BCUT2D eigenvalue weighted by Gasteiger charge is 2.38. The van der Waals surface area contributed by atoms with E-state index in [1.54, 1.807) is 16.7 Å². The van der Waals surface area contributed by atoms with Crippen molar-refractivity contribution in [1.82, 2.24) is 4.90 Å². The molecule has 0 radical (unpaired) electrons. The number of nitrogens with zero attached hydrogens (tertiary/aromatic N) is 2. The Hall–Kier alpha value is -2.60. The molecule has 6 heteroatoms. The molecule has 30 heavy (non-hydrogen) atoms. The predicted octanol–water partition coefficient (Wildman–Crippen LogP) is 3.88. The van der Waals surface area contributed by atoms with Crippen LogP contribution >= 0.6 is 11.8 Å². The van der Waals surface area contributed by atoms with Gasteiger partial charge in [0.15, 0.2) is 5.78 Å². The van der Waals surface area contributed by atoms with Crippen LogP contribution in [0.5, 0.6) is 0 Å². The van der Waals surface area contributed by atoms with Gasteiger partial charge in [0.2, 0.25) is 11.8 Å². The monoisotopic (exact) mass is 422 g/mol. The van der Waals surface area contributed by atoms with Gasteiger partial charge in [0, 0.05) is 48.1 Å². The second kappa shape index (κ2) is 9.04. The minimum atomic E-state index is -0.309. The summed E-state index contributed by atoms with van der Waals surface area (Å²) in [5.74, 6) is -0.138. The first-order valence-electron chi connectivity index (χ1n) is 10.4. The fourth-order valence-corrected chi connectivity index (χ4v) is 4.81. The largest absolute Gasteiger partial charge is 0.342 e. The molecule has 2 heterocycles. The summed E-state index contributed by atoms with van der Waals surface area (Å²) in [6.45, 7) is 1.59. The lowest BCUT2D eigenvalue weighted by atomic mass is 9.88. The molecular weight excluding hydrogens is 396 g/mol. The Morgan fingerprint density at radius 2 is 1.70 bits per heavy atom. The van der Waals surface area contributed by atoms with Crippen molar-refractivity contribution in [1.29, 1.82) is 0 Å². The highest BCUT2D eigenvalue weighted by Crippen LogP contribution is 2.30. The van der Waals surface area contributed by atoms with Crippen LogP contribution in [0.4, 0.5) is 5.69 Å². The Balaban J connectivity index is 1.35. The summed E-state index contributed by atoms with van der Waals surface area (Å²) in [6, 6.07) is 17.2. The van der Waals surface area contributed by atoms with Gasteiger partial charge in [-0.15, -0.1) is 11.8 Å². The highest BCUT2D eigenvalue weighted by atomic mass is 32.2. The van der Waals surface area contributed by atoms with Crippen molar-refractivity contribution in [3.8, 4) is 0 Å². The van der Waals surface area contributed by atoms with Crippen molar-refractivity contribution in [2.24, 2.45) is 11.8 Å². The van der Waals surface area contributed by atoms with Gasteiger partial charge < -0.3 is 9.80 Å². The smallest absolute Gasteiger partial charge is 0.228 e. The maximum Gasteiger partial charge on any atom is 0.228 e. The lowest BCUT2D eigenvalue weighted by molar-refractivity contribution is -0.137. The standard InChI is InChI=1S/C24H26N2O3S/c1-30-21-9-5-8-20(15-21)26-16-19(14-22(26)27)24(29)25-12-10-18(11-13-25)23(28)17-6-3-2-4-7-17/h2-9,15,18-19H,10-14,16H2,1H3. The van der Waals surface area contributed by atoms with E-state index in [0.29, 0.717) is 32.5 Å². The van der Waals surface area contributed by atoms with Gasteiger partial charge in [0.25, 0.3) is 0 Å². The van der Waals surface area contributed by atoms with Crippen molar-refractivity contribution in [2.75, 3.05) is 30.8 Å². The van der Waals surface area contributed by atoms with Crippen LogP contribution in [-0.4, -0.2) is 48.4 Å². The lowest BCUT2D eigenvalue weighted by Gasteiger charge is -2.33. The Bertz CT molecular complexity index is 938. The van der Waals surface area contributed by atoms with Gasteiger partial charge in [0.05, 0.1) is 5.92 Å². The van der Waals surface area contributed by atoms with Gasteiger partial charge in [-0.3, -0.25) is 14.4 Å². The first-order valence-corrected chi connectivity index (χ1v) is 11.6. The van der Waals surface area contributed by atoms with Gasteiger partial charge in [-0.2, -0.15) is 0 Å². The number of benzene rings is 2. The van der Waals surface area contributed by atoms with Crippen LogP contribution in [0.25, 0.3) is 0 Å². The van der Waals surface area contributed by atoms with E-state index in [1.807, 2.05) is 65.8 Å². The molecule has 2 amide bonds. The summed E-state index contributed by atoms with van der Waals surface area (Å²) in [5, 5.41) is 0. The van der Waals surface area contributed by atoms with Crippen LogP contribution in [0.3, 0.4) is 0 Å². The first-order chi connectivity index (χ1) is 14.6. The molecule has 2 aliphatic rings. The Morgan fingerprint density at radius 3 is 2.40 bits per heavy atom. The molecule has 0 aliphatic carbocycles. The highest BCUT2D eigenvalue weighted by molar-refractivity contribution is 7.98. The fraction of sp³-hybridized carbons (Fsp3) is 0.375. The minimum Gasteiger partial charge on any atom is -0.342 e. The van der Waals surface area contributed by atoms with Crippen LogP contribution < -0.4 is 4.90 Å². The second-order valence-electron chi connectivity index (χ2n) is 7.94. The fourth-order valence-electron chi connectivity index (χ4n) is 4.36. The number of hydrogen-bond donors (Lipinski definition) is 0. The second-order valence-corrected chi connectivity index (χ2v) is 8.82. The number of thioether (sulfide) groups is 1.